The quantitative estimate of drug-likeness (QED) is 0.371. The average molecular weight is 323 g/mol. The molecule has 1 aromatic carbocycles. The van der Waals surface area contributed by atoms with Gasteiger partial charge in [-0.15, -0.1) is 0 Å². The second kappa shape index (κ2) is 9.34. The summed E-state index contributed by atoms with van der Waals surface area (Å²) in [5, 5.41) is 7.81. The van der Waals surface area contributed by atoms with Crippen LogP contribution in [-0.4, -0.2) is 57.8 Å². The maximum Gasteiger partial charge on any atom is 0.187 e. The normalized spacial score (nSPS) is 15.7. The Morgan fingerprint density at radius 2 is 2.27 bits per heavy atom. The number of nitrogens with zero attached hydrogens (tertiary/aromatic N) is 1. The molecule has 0 aliphatic carbocycles. The number of hydrogen-bond donors (Lipinski definition) is 3. The fourth-order valence-corrected chi connectivity index (χ4v) is 2.34. The summed E-state index contributed by atoms with van der Waals surface area (Å²) >= 11 is 5.19. The first kappa shape index (κ1) is 16.7. The molecule has 2 rings (SSSR count). The van der Waals surface area contributed by atoms with Crippen LogP contribution in [-0.2, 0) is 4.74 Å². The first-order valence-corrected chi connectivity index (χ1v) is 7.81. The predicted octanol–water partition coefficient (Wildman–Crippen LogP) is -0.592. The summed E-state index contributed by atoms with van der Waals surface area (Å²) in [7, 11) is 1.64. The van der Waals surface area contributed by atoms with Gasteiger partial charge in [-0.05, 0) is 29.9 Å². The zero-order valence-corrected chi connectivity index (χ0v) is 13.6. The van der Waals surface area contributed by atoms with Gasteiger partial charge in [-0.25, -0.2) is 0 Å². The van der Waals surface area contributed by atoms with Gasteiger partial charge in [-0.3, -0.25) is 5.43 Å². The molecule has 0 bridgehead atoms. The smallest absolute Gasteiger partial charge is 0.187 e. The molecular weight excluding hydrogens is 300 g/mol. The Morgan fingerprint density at radius 3 is 3.05 bits per heavy atom. The van der Waals surface area contributed by atoms with Gasteiger partial charge in [-0.2, -0.15) is 5.10 Å². The highest BCUT2D eigenvalue weighted by atomic mass is 32.1. The van der Waals surface area contributed by atoms with Crippen molar-refractivity contribution in [3.63, 3.8) is 0 Å². The molecule has 6 nitrogen and oxygen atoms in total. The zero-order valence-electron chi connectivity index (χ0n) is 12.8. The first-order valence-electron chi connectivity index (χ1n) is 7.40. The van der Waals surface area contributed by atoms with E-state index in [0.29, 0.717) is 5.11 Å². The number of morpholine rings is 1. The van der Waals surface area contributed by atoms with E-state index in [1.165, 1.54) is 0 Å². The summed E-state index contributed by atoms with van der Waals surface area (Å²) in [5.41, 5.74) is 3.77. The minimum absolute atomic E-state index is 0.534. The van der Waals surface area contributed by atoms with E-state index in [1.807, 2.05) is 24.3 Å². The lowest BCUT2D eigenvalue weighted by molar-refractivity contribution is -0.906. The number of benzene rings is 1. The van der Waals surface area contributed by atoms with E-state index >= 15 is 0 Å². The third-order valence-electron chi connectivity index (χ3n) is 3.44. The third-order valence-corrected chi connectivity index (χ3v) is 3.67. The molecule has 0 amide bonds. The number of hydrazone groups is 1. The standard InChI is InChI=1S/C15H22N4O2S/c1-20-14-4-2-3-13(11-14)12-17-18-15(22)16-5-6-19-7-9-21-10-8-19/h2-4,11-12H,5-10H2,1H3,(H2,16,18,22)/p+1/b17-12-. The molecule has 0 radical (unpaired) electrons. The molecule has 0 unspecified atom stereocenters. The summed E-state index contributed by atoms with van der Waals surface area (Å²) in [6, 6.07) is 7.67. The van der Waals surface area contributed by atoms with E-state index in [9.17, 15) is 0 Å². The Balaban J connectivity index is 1.65. The van der Waals surface area contributed by atoms with Crippen molar-refractivity contribution in [2.75, 3.05) is 46.5 Å². The molecule has 0 aromatic heterocycles. The molecule has 1 aliphatic rings. The Hall–Kier alpha value is -1.70. The van der Waals surface area contributed by atoms with E-state index in [4.69, 9.17) is 21.7 Å². The van der Waals surface area contributed by atoms with Gasteiger partial charge in [0.25, 0.3) is 0 Å². The van der Waals surface area contributed by atoms with Crippen molar-refractivity contribution < 1.29 is 14.4 Å². The molecular formula is C15H23N4O2S+. The third kappa shape index (κ3) is 5.97. The molecule has 0 atom stereocenters. The van der Waals surface area contributed by atoms with Gasteiger partial charge in [0.05, 0.1) is 39.6 Å². The maximum absolute atomic E-state index is 5.33. The highest BCUT2D eigenvalue weighted by molar-refractivity contribution is 7.80. The molecule has 3 N–H and O–H groups in total. The van der Waals surface area contributed by atoms with E-state index in [2.05, 4.69) is 15.8 Å². The second-order valence-corrected chi connectivity index (χ2v) is 5.42. The van der Waals surface area contributed by atoms with Crippen LogP contribution in [0.2, 0.25) is 0 Å². The number of ether oxygens (including phenoxy) is 2. The van der Waals surface area contributed by atoms with Crippen molar-refractivity contribution in [1.29, 1.82) is 0 Å². The van der Waals surface area contributed by atoms with Gasteiger partial charge >= 0.3 is 0 Å². The molecule has 7 heteroatoms. The summed E-state index contributed by atoms with van der Waals surface area (Å²) in [6.07, 6.45) is 1.71. The fraction of sp³-hybridized carbons (Fsp3) is 0.467. The van der Waals surface area contributed by atoms with Gasteiger partial charge < -0.3 is 19.7 Å². The Morgan fingerprint density at radius 1 is 1.45 bits per heavy atom. The number of thiocarbonyl (C=S) groups is 1. The number of rotatable bonds is 6. The minimum atomic E-state index is 0.534. The summed E-state index contributed by atoms with van der Waals surface area (Å²) in [4.78, 5) is 1.54. The van der Waals surface area contributed by atoms with Crippen LogP contribution in [0, 0.1) is 0 Å². The van der Waals surface area contributed by atoms with Crippen LogP contribution in [0.3, 0.4) is 0 Å². The number of quaternary nitrogens is 1. The lowest BCUT2D eigenvalue weighted by Gasteiger charge is -2.23. The highest BCUT2D eigenvalue weighted by Gasteiger charge is 2.12. The molecule has 120 valence electrons. The van der Waals surface area contributed by atoms with E-state index in [1.54, 1.807) is 18.2 Å². The monoisotopic (exact) mass is 323 g/mol. The van der Waals surface area contributed by atoms with Gasteiger partial charge in [0.15, 0.2) is 5.11 Å². The minimum Gasteiger partial charge on any atom is -0.497 e. The van der Waals surface area contributed by atoms with Crippen molar-refractivity contribution in [2.45, 2.75) is 0 Å². The average Bonchev–Trinajstić information content (AvgIpc) is 2.56. The van der Waals surface area contributed by atoms with Crippen molar-refractivity contribution in [1.82, 2.24) is 10.7 Å². The Kier molecular flexibility index (Phi) is 7.08. The Bertz CT molecular complexity index is 504. The molecule has 1 fully saturated rings. The maximum atomic E-state index is 5.33. The number of hydrogen-bond acceptors (Lipinski definition) is 4. The van der Waals surface area contributed by atoms with Crippen LogP contribution < -0.4 is 20.4 Å². The van der Waals surface area contributed by atoms with Crippen LogP contribution in [0.1, 0.15) is 5.56 Å². The molecule has 1 aromatic rings. The zero-order chi connectivity index (χ0) is 15.6. The lowest BCUT2D eigenvalue weighted by atomic mass is 10.2. The fourth-order valence-electron chi connectivity index (χ4n) is 2.19. The number of nitrogens with one attached hydrogen (secondary N) is 3. The SMILES string of the molecule is COc1cccc(/C=N\NC(=S)NCC[NH+]2CCOCC2)c1. The molecule has 0 spiro atoms. The number of methoxy groups -OCH3 is 1. The molecule has 0 saturated carbocycles. The molecule has 22 heavy (non-hydrogen) atoms. The largest absolute Gasteiger partial charge is 0.497 e. The summed E-state index contributed by atoms with van der Waals surface area (Å²) in [6.45, 7) is 5.69. The van der Waals surface area contributed by atoms with Crippen molar-refractivity contribution >= 4 is 23.5 Å². The van der Waals surface area contributed by atoms with Crippen LogP contribution >= 0.6 is 12.2 Å². The summed E-state index contributed by atoms with van der Waals surface area (Å²) in [5.74, 6) is 0.804. The van der Waals surface area contributed by atoms with Crippen molar-refractivity contribution in [3.05, 3.63) is 29.8 Å². The van der Waals surface area contributed by atoms with E-state index in [-0.39, 0.29) is 0 Å². The van der Waals surface area contributed by atoms with Gasteiger partial charge in [0, 0.05) is 0 Å². The van der Waals surface area contributed by atoms with Crippen molar-refractivity contribution in [3.8, 4) is 5.75 Å². The summed E-state index contributed by atoms with van der Waals surface area (Å²) < 4.78 is 10.5. The van der Waals surface area contributed by atoms with E-state index < -0.39 is 0 Å². The first-order chi connectivity index (χ1) is 10.8. The van der Waals surface area contributed by atoms with Crippen LogP contribution in [0.5, 0.6) is 5.75 Å². The molecule has 1 heterocycles. The van der Waals surface area contributed by atoms with Gasteiger partial charge in [-0.1, -0.05) is 12.1 Å². The Labute approximate surface area is 136 Å². The van der Waals surface area contributed by atoms with Crippen molar-refractivity contribution in [2.24, 2.45) is 5.10 Å². The topological polar surface area (TPSA) is 59.3 Å². The van der Waals surface area contributed by atoms with Crippen LogP contribution in [0.4, 0.5) is 0 Å². The van der Waals surface area contributed by atoms with E-state index in [0.717, 1.165) is 50.7 Å². The molecule has 1 aliphatic heterocycles. The lowest BCUT2D eigenvalue weighted by Crippen LogP contribution is -3.14. The van der Waals surface area contributed by atoms with Crippen LogP contribution in [0.15, 0.2) is 29.4 Å². The van der Waals surface area contributed by atoms with Gasteiger partial charge in [0.1, 0.15) is 18.8 Å². The van der Waals surface area contributed by atoms with Crippen LogP contribution in [0.25, 0.3) is 0 Å². The second-order valence-electron chi connectivity index (χ2n) is 5.01. The van der Waals surface area contributed by atoms with Gasteiger partial charge in [0.2, 0.25) is 0 Å². The molecule has 1 saturated heterocycles. The predicted molar refractivity (Wildman–Crippen MR) is 90.7 cm³/mol. The highest BCUT2D eigenvalue weighted by Crippen LogP contribution is 2.10.